The maximum absolute atomic E-state index is 11.2. The molecule has 0 amide bonds. The van der Waals surface area contributed by atoms with Crippen molar-refractivity contribution in [2.45, 2.75) is 20.4 Å². The highest BCUT2D eigenvalue weighted by atomic mass is 16.5. The monoisotopic (exact) mass is 288 g/mol. The number of ether oxygens (including phenoxy) is 1. The van der Waals surface area contributed by atoms with Gasteiger partial charge in [-0.05, 0) is 31.5 Å². The molecule has 0 atom stereocenters. The Balaban J connectivity index is 2.14. The second-order valence-corrected chi connectivity index (χ2v) is 4.50. The summed E-state index contributed by atoms with van der Waals surface area (Å²) in [6.45, 7) is 4.08. The second-order valence-electron chi connectivity index (χ2n) is 4.50. The van der Waals surface area contributed by atoms with Crippen LogP contribution in [-0.4, -0.2) is 33.4 Å². The fourth-order valence-corrected chi connectivity index (χ4v) is 1.75. The summed E-state index contributed by atoms with van der Waals surface area (Å²) >= 11 is 0. The number of aromatic carboxylic acids is 1. The van der Waals surface area contributed by atoms with Crippen LogP contribution in [0.15, 0.2) is 18.2 Å². The van der Waals surface area contributed by atoms with Crippen molar-refractivity contribution in [2.24, 2.45) is 0 Å². The minimum absolute atomic E-state index is 0.121. The van der Waals surface area contributed by atoms with E-state index < -0.39 is 5.97 Å². The van der Waals surface area contributed by atoms with Gasteiger partial charge in [0.2, 0.25) is 5.95 Å². The molecule has 110 valence electrons. The van der Waals surface area contributed by atoms with E-state index in [0.717, 1.165) is 17.0 Å². The molecule has 0 radical (unpaired) electrons. The Labute approximate surface area is 122 Å². The summed E-state index contributed by atoms with van der Waals surface area (Å²) in [4.78, 5) is 15.4. The number of carboxylic acid groups (broad SMARTS) is 1. The van der Waals surface area contributed by atoms with Crippen LogP contribution in [0.3, 0.4) is 0 Å². The average molecular weight is 288 g/mol. The van der Waals surface area contributed by atoms with Gasteiger partial charge in [0.25, 0.3) is 0 Å². The largest absolute Gasteiger partial charge is 0.496 e. The molecule has 2 N–H and O–H groups in total. The predicted molar refractivity (Wildman–Crippen MR) is 76.6 cm³/mol. The fourth-order valence-electron chi connectivity index (χ4n) is 1.75. The normalized spacial score (nSPS) is 10.2. The van der Waals surface area contributed by atoms with Crippen LogP contribution in [0.4, 0.5) is 5.95 Å². The molecule has 0 aliphatic heterocycles. The molecule has 1 aromatic heterocycles. The van der Waals surface area contributed by atoms with Crippen LogP contribution >= 0.6 is 0 Å². The third-order valence-corrected chi connectivity index (χ3v) is 3.04. The number of aryl methyl sites for hydroxylation is 2. The topological polar surface area (TPSA) is 97.2 Å². The van der Waals surface area contributed by atoms with Crippen LogP contribution in [0.1, 0.15) is 27.3 Å². The maximum Gasteiger partial charge on any atom is 0.339 e. The molecule has 0 spiro atoms. The zero-order chi connectivity index (χ0) is 15.4. The van der Waals surface area contributed by atoms with Crippen LogP contribution in [0.25, 0.3) is 0 Å². The Bertz CT molecular complexity index is 673. The molecule has 1 heterocycles. The molecule has 2 rings (SSSR count). The summed E-state index contributed by atoms with van der Waals surface area (Å²) in [6, 6.07) is 4.97. The Kier molecular flexibility index (Phi) is 4.32. The first kappa shape index (κ1) is 14.7. The van der Waals surface area contributed by atoms with Crippen molar-refractivity contribution in [2.75, 3.05) is 12.4 Å². The van der Waals surface area contributed by atoms with Gasteiger partial charge in [-0.2, -0.15) is 5.10 Å². The number of carbonyl (C=O) groups is 1. The lowest BCUT2D eigenvalue weighted by Crippen LogP contribution is -2.08. The van der Waals surface area contributed by atoms with E-state index in [1.807, 2.05) is 13.8 Å². The first-order valence-electron chi connectivity index (χ1n) is 6.33. The van der Waals surface area contributed by atoms with Gasteiger partial charge in [0.05, 0.1) is 18.5 Å². The summed E-state index contributed by atoms with van der Waals surface area (Å²) in [5, 5.41) is 20.1. The number of hydrogen-bond acceptors (Lipinski definition) is 6. The lowest BCUT2D eigenvalue weighted by Gasteiger charge is -2.09. The highest BCUT2D eigenvalue weighted by Gasteiger charge is 2.11. The number of benzene rings is 1. The van der Waals surface area contributed by atoms with E-state index in [9.17, 15) is 4.79 Å². The predicted octanol–water partition coefficient (Wildman–Crippen LogP) is 1.81. The van der Waals surface area contributed by atoms with E-state index in [-0.39, 0.29) is 5.56 Å². The minimum atomic E-state index is -1.03. The summed E-state index contributed by atoms with van der Waals surface area (Å²) in [5.41, 5.74) is 2.48. The van der Waals surface area contributed by atoms with Crippen LogP contribution < -0.4 is 10.1 Å². The summed E-state index contributed by atoms with van der Waals surface area (Å²) in [5.74, 6) is -0.293. The molecular weight excluding hydrogens is 272 g/mol. The smallest absolute Gasteiger partial charge is 0.339 e. The van der Waals surface area contributed by atoms with Crippen molar-refractivity contribution in [3.05, 3.63) is 40.7 Å². The lowest BCUT2D eigenvalue weighted by atomic mass is 10.1. The minimum Gasteiger partial charge on any atom is -0.496 e. The summed E-state index contributed by atoms with van der Waals surface area (Å²) in [6.07, 6.45) is 0. The first-order valence-corrected chi connectivity index (χ1v) is 6.33. The van der Waals surface area contributed by atoms with Crippen molar-refractivity contribution in [3.8, 4) is 5.75 Å². The van der Waals surface area contributed by atoms with Gasteiger partial charge in [0.15, 0.2) is 0 Å². The van der Waals surface area contributed by atoms with Crippen molar-refractivity contribution in [3.63, 3.8) is 0 Å². The summed E-state index contributed by atoms with van der Waals surface area (Å²) < 4.78 is 5.02. The first-order chi connectivity index (χ1) is 10.0. The number of hydrogen-bond donors (Lipinski definition) is 2. The highest BCUT2D eigenvalue weighted by Crippen LogP contribution is 2.20. The quantitative estimate of drug-likeness (QED) is 0.865. The van der Waals surface area contributed by atoms with Crippen LogP contribution in [0.2, 0.25) is 0 Å². The molecule has 21 heavy (non-hydrogen) atoms. The number of nitrogens with one attached hydrogen (secondary N) is 1. The highest BCUT2D eigenvalue weighted by molar-refractivity contribution is 5.91. The lowest BCUT2D eigenvalue weighted by molar-refractivity contribution is 0.0693. The number of methoxy groups -OCH3 is 1. The van der Waals surface area contributed by atoms with E-state index in [0.29, 0.717) is 18.2 Å². The summed E-state index contributed by atoms with van der Waals surface area (Å²) in [7, 11) is 1.44. The maximum atomic E-state index is 11.2. The number of carboxylic acids is 1. The van der Waals surface area contributed by atoms with Gasteiger partial charge in [-0.25, -0.2) is 9.78 Å². The zero-order valence-corrected chi connectivity index (χ0v) is 12.0. The van der Waals surface area contributed by atoms with Gasteiger partial charge < -0.3 is 15.2 Å². The van der Waals surface area contributed by atoms with Gasteiger partial charge in [-0.1, -0.05) is 6.07 Å². The molecule has 2 aromatic rings. The van der Waals surface area contributed by atoms with Crippen molar-refractivity contribution in [1.82, 2.24) is 15.2 Å². The molecule has 0 bridgehead atoms. The van der Waals surface area contributed by atoms with Gasteiger partial charge in [-0.15, -0.1) is 5.10 Å². The number of anilines is 1. The van der Waals surface area contributed by atoms with Crippen LogP contribution in [-0.2, 0) is 6.54 Å². The number of rotatable bonds is 5. The molecule has 7 heteroatoms. The molecule has 0 saturated heterocycles. The molecule has 0 fully saturated rings. The van der Waals surface area contributed by atoms with Crippen LogP contribution in [0.5, 0.6) is 5.75 Å². The molecule has 0 unspecified atom stereocenters. The Hall–Kier alpha value is -2.70. The molecule has 0 saturated carbocycles. The second kappa shape index (κ2) is 6.17. The van der Waals surface area contributed by atoms with Crippen molar-refractivity contribution < 1.29 is 14.6 Å². The van der Waals surface area contributed by atoms with Crippen molar-refractivity contribution >= 4 is 11.9 Å². The fraction of sp³-hybridized carbons (Fsp3) is 0.286. The van der Waals surface area contributed by atoms with E-state index in [1.54, 1.807) is 18.2 Å². The Morgan fingerprint density at radius 2 is 2.05 bits per heavy atom. The number of aromatic nitrogens is 3. The van der Waals surface area contributed by atoms with Gasteiger partial charge in [-0.3, -0.25) is 0 Å². The van der Waals surface area contributed by atoms with Gasteiger partial charge in [0, 0.05) is 6.54 Å². The standard InChI is InChI=1S/C14H16N4O3/c1-8-9(2)17-18-14(16-8)15-7-10-4-5-12(21-3)11(6-10)13(19)20/h4-6H,7H2,1-3H3,(H,19,20)(H,15,16,18). The molecule has 0 aliphatic carbocycles. The molecular formula is C14H16N4O3. The van der Waals surface area contributed by atoms with Gasteiger partial charge in [0.1, 0.15) is 11.3 Å². The van der Waals surface area contributed by atoms with E-state index in [2.05, 4.69) is 20.5 Å². The van der Waals surface area contributed by atoms with E-state index >= 15 is 0 Å². The zero-order valence-electron chi connectivity index (χ0n) is 12.0. The van der Waals surface area contributed by atoms with Crippen molar-refractivity contribution in [1.29, 1.82) is 0 Å². The molecule has 1 aromatic carbocycles. The van der Waals surface area contributed by atoms with Gasteiger partial charge >= 0.3 is 5.97 Å². The average Bonchev–Trinajstić information content (AvgIpc) is 2.48. The van der Waals surface area contributed by atoms with E-state index in [4.69, 9.17) is 9.84 Å². The SMILES string of the molecule is COc1ccc(CNc2nnc(C)c(C)n2)cc1C(=O)O. The molecule has 7 nitrogen and oxygen atoms in total. The third kappa shape index (κ3) is 3.44. The Morgan fingerprint density at radius 3 is 2.67 bits per heavy atom. The van der Waals surface area contributed by atoms with Crippen LogP contribution in [0, 0.1) is 13.8 Å². The Morgan fingerprint density at radius 1 is 1.29 bits per heavy atom. The third-order valence-electron chi connectivity index (χ3n) is 3.04. The number of nitrogens with zero attached hydrogens (tertiary/aromatic N) is 3. The van der Waals surface area contributed by atoms with E-state index in [1.165, 1.54) is 7.11 Å². The molecule has 0 aliphatic rings.